The molecule has 6 rings (SSSR count). The number of ether oxygens (including phenoxy) is 4. The Labute approximate surface area is 313 Å². The van der Waals surface area contributed by atoms with Gasteiger partial charge in [0.15, 0.2) is 20.9 Å². The molecule has 2 aromatic heterocycles. The molecule has 0 aliphatic carbocycles. The molecule has 2 aromatic carbocycles. The fourth-order valence-electron chi connectivity index (χ4n) is 7.02. The number of methoxy groups -OCH3 is 1. The van der Waals surface area contributed by atoms with Crippen molar-refractivity contribution in [2.45, 2.75) is 104 Å². The van der Waals surface area contributed by atoms with Crippen LogP contribution < -0.4 is 14.4 Å². The summed E-state index contributed by atoms with van der Waals surface area (Å²) < 4.78 is 46.5. The normalized spacial score (nSPS) is 17.9. The maximum absolute atomic E-state index is 17.2. The Hall–Kier alpha value is -4.07. The second-order valence-corrected chi connectivity index (χ2v) is 21.3. The van der Waals surface area contributed by atoms with Gasteiger partial charge < -0.3 is 28.3 Å². The summed E-state index contributed by atoms with van der Waals surface area (Å²) in [6.45, 7) is 20.3. The number of rotatable bonds is 11. The number of fused-ring (bicyclic) bond motifs is 4. The van der Waals surface area contributed by atoms with E-state index < -0.39 is 19.7 Å². The Morgan fingerprint density at radius 1 is 1.00 bits per heavy atom. The van der Waals surface area contributed by atoms with Gasteiger partial charge in [-0.3, -0.25) is 9.88 Å². The summed E-state index contributed by atoms with van der Waals surface area (Å²) in [6.07, 6.45) is 3.76. The first-order valence-corrected chi connectivity index (χ1v) is 21.5. The summed E-state index contributed by atoms with van der Waals surface area (Å²) in [5.74, 6) is 0.474. The number of carbonyl (C=O) groups excluding carboxylic acids is 1. The molecule has 2 atom stereocenters. The van der Waals surface area contributed by atoms with Crippen molar-refractivity contribution in [2.75, 3.05) is 45.1 Å². The molecule has 0 saturated carbocycles. The van der Waals surface area contributed by atoms with E-state index in [1.165, 1.54) is 0 Å². The lowest BCUT2D eigenvalue weighted by molar-refractivity contribution is 0.0122. The number of aryl methyl sites for hydroxylation is 1. The maximum atomic E-state index is 17.2. The largest absolute Gasteiger partial charge is 0.468 e. The molecule has 286 valence electrons. The molecule has 11 nitrogen and oxygen atoms in total. The van der Waals surface area contributed by atoms with Crippen molar-refractivity contribution in [3.05, 3.63) is 47.9 Å². The molecule has 4 heterocycles. The Kier molecular flexibility index (Phi) is 10.9. The van der Waals surface area contributed by atoms with Gasteiger partial charge in [0.1, 0.15) is 35.0 Å². The minimum absolute atomic E-state index is 0.0423. The van der Waals surface area contributed by atoms with E-state index in [1.54, 1.807) is 13.3 Å². The quantitative estimate of drug-likeness (QED) is 0.0842. The van der Waals surface area contributed by atoms with Gasteiger partial charge in [0.2, 0.25) is 0 Å². The molecule has 2 aliphatic heterocycles. The minimum atomic E-state index is -2.02. The van der Waals surface area contributed by atoms with E-state index >= 15 is 4.39 Å². The Morgan fingerprint density at radius 3 is 2.36 bits per heavy atom. The number of carbonyl (C=O) groups is 1. The first-order chi connectivity index (χ1) is 25.0. The highest BCUT2D eigenvalue weighted by molar-refractivity contribution is 6.74. The van der Waals surface area contributed by atoms with Gasteiger partial charge in [0.25, 0.3) is 0 Å². The highest BCUT2D eigenvalue weighted by Crippen LogP contribution is 2.41. The second-order valence-electron chi connectivity index (χ2n) is 16.5. The smallest absolute Gasteiger partial charge is 0.410 e. The van der Waals surface area contributed by atoms with Gasteiger partial charge in [-0.15, -0.1) is 0 Å². The van der Waals surface area contributed by atoms with Crippen molar-refractivity contribution in [1.29, 1.82) is 0 Å². The van der Waals surface area contributed by atoms with Crippen LogP contribution in [0.1, 0.15) is 66.9 Å². The van der Waals surface area contributed by atoms with E-state index in [2.05, 4.69) is 50.7 Å². The van der Waals surface area contributed by atoms with Gasteiger partial charge in [0.05, 0.1) is 24.1 Å². The fraction of sp³-hybridized carbons (Fsp3) is 0.550. The third kappa shape index (κ3) is 8.07. The van der Waals surface area contributed by atoms with Gasteiger partial charge in [-0.25, -0.2) is 9.18 Å². The lowest BCUT2D eigenvalue weighted by Gasteiger charge is -2.42. The summed E-state index contributed by atoms with van der Waals surface area (Å²) in [4.78, 5) is 31.5. The Morgan fingerprint density at radius 2 is 1.72 bits per heavy atom. The number of aromatic nitrogens is 3. The average Bonchev–Trinajstić information content (AvgIpc) is 3.36. The van der Waals surface area contributed by atoms with Crippen LogP contribution in [0.25, 0.3) is 32.9 Å². The number of halogens is 1. The number of nitrogens with zero attached hydrogens (tertiary/aromatic N) is 5. The van der Waals surface area contributed by atoms with E-state index in [9.17, 15) is 4.79 Å². The summed E-state index contributed by atoms with van der Waals surface area (Å²) in [6, 6.07) is 9.65. The number of hydrogen-bond donors (Lipinski definition) is 0. The van der Waals surface area contributed by atoms with E-state index in [4.69, 9.17) is 33.3 Å². The minimum Gasteiger partial charge on any atom is -0.468 e. The van der Waals surface area contributed by atoms with Crippen molar-refractivity contribution in [3.8, 4) is 23.0 Å². The monoisotopic (exact) mass is 747 g/mol. The highest BCUT2D eigenvalue weighted by atomic mass is 28.4. The van der Waals surface area contributed by atoms with Crippen molar-refractivity contribution in [1.82, 2.24) is 19.9 Å². The van der Waals surface area contributed by atoms with Crippen molar-refractivity contribution < 1.29 is 32.6 Å². The molecule has 2 bridgehead atoms. The zero-order valence-electron chi connectivity index (χ0n) is 32.8. The zero-order valence-corrected chi connectivity index (χ0v) is 33.8. The summed E-state index contributed by atoms with van der Waals surface area (Å²) >= 11 is 0. The molecule has 1 amide bonds. The van der Waals surface area contributed by atoms with Gasteiger partial charge in [0, 0.05) is 32.0 Å². The summed E-state index contributed by atoms with van der Waals surface area (Å²) in [5, 5.41) is 2.31. The second kappa shape index (κ2) is 15.0. The van der Waals surface area contributed by atoms with Crippen LogP contribution in [-0.4, -0.2) is 92.2 Å². The molecule has 0 N–H and O–H groups in total. The molecule has 2 unspecified atom stereocenters. The van der Waals surface area contributed by atoms with Crippen LogP contribution in [0.5, 0.6) is 11.8 Å². The Bertz CT molecular complexity index is 1970. The number of piperazine rings is 1. The predicted octanol–water partition coefficient (Wildman–Crippen LogP) is 8.52. The summed E-state index contributed by atoms with van der Waals surface area (Å²) in [5.41, 5.74) is 1.31. The van der Waals surface area contributed by atoms with Crippen LogP contribution in [0.15, 0.2) is 36.5 Å². The molecular weight excluding hydrogens is 694 g/mol. The first kappa shape index (κ1) is 38.6. The van der Waals surface area contributed by atoms with Crippen LogP contribution in [0.2, 0.25) is 18.1 Å². The number of benzene rings is 2. The standard InChI is InChI=1S/C40H54FN5O6Si/c1-11-25-13-12-14-26-19-29(50-24-48-8)20-30(32(25)26)34-33(41)35-31(21-42-34)36(44-37(43-35)49-17-18-51-53(9,10)40(5,6)7)45-22-27-15-16-28(23-45)46(27)38(47)52-39(2,3)4/h12-14,19-21,27-28H,11,15-18,22-24H2,1-10H3. The Balaban J connectivity index is 1.42. The summed E-state index contributed by atoms with van der Waals surface area (Å²) in [7, 11) is -0.463. The number of hydrogen-bond acceptors (Lipinski definition) is 10. The van der Waals surface area contributed by atoms with Crippen molar-refractivity contribution in [2.24, 2.45) is 0 Å². The molecule has 2 aliphatic rings. The predicted molar refractivity (Wildman–Crippen MR) is 208 cm³/mol. The molecule has 0 radical (unpaired) electrons. The number of anilines is 1. The van der Waals surface area contributed by atoms with E-state index in [0.717, 1.165) is 35.6 Å². The average molecular weight is 748 g/mol. The lowest BCUT2D eigenvalue weighted by atomic mass is 9.95. The fourth-order valence-corrected chi connectivity index (χ4v) is 8.05. The van der Waals surface area contributed by atoms with E-state index in [-0.39, 0.29) is 53.8 Å². The SMILES string of the molecule is CCc1cccc2cc(OCOC)cc(-c3ncc4c(N5CC6CCC(C5)N6C(=O)OC(C)(C)C)nc(OCCO[Si](C)(C)C(C)(C)C)nc4c3F)c12. The van der Waals surface area contributed by atoms with Crippen molar-refractivity contribution >= 4 is 41.9 Å². The third-order valence-corrected chi connectivity index (χ3v) is 15.2. The zero-order chi connectivity index (χ0) is 38.3. The first-order valence-electron chi connectivity index (χ1n) is 18.6. The van der Waals surface area contributed by atoms with Crippen LogP contribution in [0.4, 0.5) is 15.0 Å². The van der Waals surface area contributed by atoms with Crippen molar-refractivity contribution in [3.63, 3.8) is 0 Å². The third-order valence-electron chi connectivity index (χ3n) is 10.6. The van der Waals surface area contributed by atoms with Gasteiger partial charge in [-0.2, -0.15) is 9.97 Å². The molecule has 13 heteroatoms. The molecule has 53 heavy (non-hydrogen) atoms. The van der Waals surface area contributed by atoms with Gasteiger partial charge in [-0.1, -0.05) is 45.9 Å². The van der Waals surface area contributed by atoms with Gasteiger partial charge in [-0.05, 0) is 86.6 Å². The highest BCUT2D eigenvalue weighted by Gasteiger charge is 2.45. The van der Waals surface area contributed by atoms with Crippen LogP contribution in [0.3, 0.4) is 0 Å². The van der Waals surface area contributed by atoms with E-state index in [1.807, 2.05) is 56.0 Å². The molecule has 2 fully saturated rings. The molecule has 2 saturated heterocycles. The van der Waals surface area contributed by atoms with E-state index in [0.29, 0.717) is 42.2 Å². The topological polar surface area (TPSA) is 108 Å². The van der Waals surface area contributed by atoms with Crippen LogP contribution >= 0.6 is 0 Å². The lowest BCUT2D eigenvalue weighted by Crippen LogP contribution is -2.57. The molecule has 4 aromatic rings. The maximum Gasteiger partial charge on any atom is 0.410 e. The van der Waals surface area contributed by atoms with Crippen LogP contribution in [0, 0.1) is 5.82 Å². The number of pyridine rings is 1. The van der Waals surface area contributed by atoms with Gasteiger partial charge >= 0.3 is 12.1 Å². The molecular formula is C40H54FN5O6Si. The molecule has 0 spiro atoms. The number of amides is 1. The van der Waals surface area contributed by atoms with Crippen LogP contribution in [-0.2, 0) is 20.3 Å².